The highest BCUT2D eigenvalue weighted by molar-refractivity contribution is 8.16. The standard InChI is InChI=1S/C35H28N4O2S/c1-3-41-34(40)33-37-39(27-22-20-24(2)21-23-27)35(42-33)31-19-10-9-17-30(31)32(36-38(35)26-14-5-4-6-15-26)29-18-11-13-25-12-7-8-16-28(25)29/h4-23H,3H2,1-2H3/t35-/m0/s1. The van der Waals surface area contributed by atoms with E-state index in [1.54, 1.807) is 6.92 Å². The number of anilines is 2. The van der Waals surface area contributed by atoms with Crippen LogP contribution >= 0.6 is 11.8 Å². The second-order valence-corrected chi connectivity index (χ2v) is 11.3. The fourth-order valence-corrected chi connectivity index (χ4v) is 6.88. The summed E-state index contributed by atoms with van der Waals surface area (Å²) < 4.78 is 5.46. The van der Waals surface area contributed by atoms with Gasteiger partial charge in [0.2, 0.25) is 10.0 Å². The third kappa shape index (κ3) is 4.16. The number of para-hydroxylation sites is 1. The van der Waals surface area contributed by atoms with Crippen molar-refractivity contribution < 1.29 is 9.53 Å². The number of hydrogen-bond donors (Lipinski definition) is 0. The number of esters is 1. The largest absolute Gasteiger partial charge is 0.461 e. The highest BCUT2D eigenvalue weighted by atomic mass is 32.2. The van der Waals surface area contributed by atoms with Crippen LogP contribution < -0.4 is 10.0 Å². The summed E-state index contributed by atoms with van der Waals surface area (Å²) >= 11 is 1.36. The lowest BCUT2D eigenvalue weighted by Gasteiger charge is -2.47. The molecule has 5 aromatic rings. The van der Waals surface area contributed by atoms with Crippen molar-refractivity contribution in [3.05, 3.63) is 144 Å². The maximum Gasteiger partial charge on any atom is 0.365 e. The van der Waals surface area contributed by atoms with Gasteiger partial charge < -0.3 is 4.74 Å². The maximum absolute atomic E-state index is 13.2. The number of ether oxygens (including phenoxy) is 1. The number of hydrazone groups is 2. The van der Waals surface area contributed by atoms with Crippen molar-refractivity contribution >= 4 is 50.6 Å². The van der Waals surface area contributed by atoms with Gasteiger partial charge in [-0.05, 0) is 60.6 Å². The number of nitrogens with zero attached hydrogens (tertiary/aromatic N) is 4. The van der Waals surface area contributed by atoms with E-state index in [0.717, 1.165) is 50.1 Å². The van der Waals surface area contributed by atoms with Gasteiger partial charge in [-0.2, -0.15) is 10.2 Å². The van der Waals surface area contributed by atoms with E-state index in [1.807, 2.05) is 64.6 Å². The Morgan fingerprint density at radius 3 is 2.19 bits per heavy atom. The first-order valence-electron chi connectivity index (χ1n) is 13.9. The summed E-state index contributed by atoms with van der Waals surface area (Å²) in [6, 6.07) is 41.2. The van der Waals surface area contributed by atoms with Crippen molar-refractivity contribution in [2.24, 2.45) is 10.2 Å². The molecule has 2 heterocycles. The molecule has 7 rings (SSSR count). The SMILES string of the molecule is CCOC(=O)C1=NN(c2ccc(C)cc2)[C@]2(S1)c1ccccc1C(c1cccc3ccccc13)=NN2c1ccccc1. The first-order valence-corrected chi connectivity index (χ1v) is 14.8. The van der Waals surface area contributed by atoms with E-state index in [-0.39, 0.29) is 11.7 Å². The molecule has 0 unspecified atom stereocenters. The summed E-state index contributed by atoms with van der Waals surface area (Å²) in [5.74, 6) is -0.453. The molecule has 2 aliphatic heterocycles. The minimum atomic E-state index is -1.04. The van der Waals surface area contributed by atoms with Crippen LogP contribution in [0, 0.1) is 6.92 Å². The molecule has 0 saturated heterocycles. The Balaban J connectivity index is 1.53. The predicted octanol–water partition coefficient (Wildman–Crippen LogP) is 7.66. The minimum Gasteiger partial charge on any atom is -0.461 e. The highest BCUT2D eigenvalue weighted by Gasteiger charge is 2.56. The van der Waals surface area contributed by atoms with Crippen LogP contribution in [0.2, 0.25) is 0 Å². The zero-order valence-electron chi connectivity index (χ0n) is 23.3. The van der Waals surface area contributed by atoms with Crippen molar-refractivity contribution in [3.63, 3.8) is 0 Å². The number of benzene rings is 5. The topological polar surface area (TPSA) is 57.5 Å². The Hall–Kier alpha value is -4.88. The van der Waals surface area contributed by atoms with Crippen molar-refractivity contribution in [1.82, 2.24) is 0 Å². The molecule has 0 aliphatic carbocycles. The molecule has 0 fully saturated rings. The number of thioether (sulfide) groups is 1. The van der Waals surface area contributed by atoms with E-state index in [1.165, 1.54) is 11.8 Å². The molecule has 0 aromatic heterocycles. The summed E-state index contributed by atoms with van der Waals surface area (Å²) in [7, 11) is 0. The number of aryl methyl sites for hydroxylation is 1. The average Bonchev–Trinajstić information content (AvgIpc) is 3.43. The molecule has 5 aromatic carbocycles. The van der Waals surface area contributed by atoms with Crippen LogP contribution in [0.1, 0.15) is 29.2 Å². The summed E-state index contributed by atoms with van der Waals surface area (Å²) in [6.45, 7) is 4.12. The van der Waals surface area contributed by atoms with Crippen LogP contribution in [0.25, 0.3) is 10.8 Å². The third-order valence-electron chi connectivity index (χ3n) is 7.51. The normalized spacial score (nSPS) is 17.7. The summed E-state index contributed by atoms with van der Waals surface area (Å²) in [5, 5.41) is 16.8. The molecule has 6 nitrogen and oxygen atoms in total. The van der Waals surface area contributed by atoms with Crippen molar-refractivity contribution in [3.8, 4) is 0 Å². The quantitative estimate of drug-likeness (QED) is 0.204. The molecule has 42 heavy (non-hydrogen) atoms. The van der Waals surface area contributed by atoms with Gasteiger partial charge in [-0.15, -0.1) is 0 Å². The van der Waals surface area contributed by atoms with E-state index in [2.05, 4.69) is 73.7 Å². The fourth-order valence-electron chi connectivity index (χ4n) is 5.60. The third-order valence-corrected chi connectivity index (χ3v) is 8.80. The van der Waals surface area contributed by atoms with Crippen molar-refractivity contribution in [2.45, 2.75) is 18.8 Å². The Labute approximate surface area is 248 Å². The Bertz CT molecular complexity index is 1860. The molecular formula is C35H28N4O2S. The zero-order valence-corrected chi connectivity index (χ0v) is 24.1. The van der Waals surface area contributed by atoms with Crippen molar-refractivity contribution in [1.29, 1.82) is 0 Å². The van der Waals surface area contributed by atoms with Gasteiger partial charge in [0.1, 0.15) is 0 Å². The van der Waals surface area contributed by atoms with Crippen LogP contribution in [-0.2, 0) is 14.5 Å². The molecule has 7 heteroatoms. The molecule has 0 N–H and O–H groups in total. The van der Waals surface area contributed by atoms with E-state index in [0.29, 0.717) is 0 Å². The van der Waals surface area contributed by atoms with Gasteiger partial charge in [-0.25, -0.2) is 14.8 Å². The van der Waals surface area contributed by atoms with Gasteiger partial charge in [0.25, 0.3) is 0 Å². The fraction of sp³-hybridized carbons (Fsp3) is 0.114. The van der Waals surface area contributed by atoms with Crippen LogP contribution in [0.4, 0.5) is 11.4 Å². The second kappa shape index (κ2) is 10.5. The van der Waals surface area contributed by atoms with Crippen molar-refractivity contribution in [2.75, 3.05) is 16.6 Å². The lowest BCUT2D eigenvalue weighted by Crippen LogP contribution is -2.54. The van der Waals surface area contributed by atoms with Crippen LogP contribution in [0.5, 0.6) is 0 Å². The number of carbonyl (C=O) groups excluding carboxylic acids is 1. The number of rotatable bonds is 5. The molecule has 206 valence electrons. The molecule has 0 amide bonds. The van der Waals surface area contributed by atoms with E-state index < -0.39 is 11.0 Å². The average molecular weight is 569 g/mol. The molecule has 0 saturated carbocycles. The number of fused-ring (bicyclic) bond motifs is 3. The lowest BCUT2D eigenvalue weighted by molar-refractivity contribution is -0.134. The zero-order chi connectivity index (χ0) is 28.7. The lowest BCUT2D eigenvalue weighted by atomic mass is 9.91. The Kier molecular flexibility index (Phi) is 6.52. The van der Waals surface area contributed by atoms with E-state index in [4.69, 9.17) is 14.9 Å². The minimum absolute atomic E-state index is 0.262. The summed E-state index contributed by atoms with van der Waals surface area (Å²) in [4.78, 5) is 12.2. The van der Waals surface area contributed by atoms with Gasteiger partial charge in [-0.3, -0.25) is 0 Å². The molecule has 2 aliphatic rings. The Morgan fingerprint density at radius 1 is 0.738 bits per heavy atom. The first kappa shape index (κ1) is 26.0. The molecular weight excluding hydrogens is 540 g/mol. The summed E-state index contributed by atoms with van der Waals surface area (Å²) in [6.07, 6.45) is 0. The van der Waals surface area contributed by atoms with Gasteiger partial charge in [0, 0.05) is 16.7 Å². The second-order valence-electron chi connectivity index (χ2n) is 10.2. The predicted molar refractivity (Wildman–Crippen MR) is 172 cm³/mol. The smallest absolute Gasteiger partial charge is 0.365 e. The van der Waals surface area contributed by atoms with Gasteiger partial charge in [0.05, 0.1) is 23.7 Å². The highest BCUT2D eigenvalue weighted by Crippen LogP contribution is 2.55. The Morgan fingerprint density at radius 2 is 1.38 bits per heavy atom. The number of carbonyl (C=O) groups is 1. The van der Waals surface area contributed by atoms with Gasteiger partial charge in [-0.1, -0.05) is 103 Å². The molecule has 1 spiro atoms. The first-order chi connectivity index (χ1) is 20.6. The number of hydrogen-bond acceptors (Lipinski definition) is 7. The maximum atomic E-state index is 13.2. The van der Waals surface area contributed by atoms with Gasteiger partial charge in [0.15, 0.2) is 0 Å². The molecule has 1 atom stereocenters. The molecule has 0 radical (unpaired) electrons. The summed E-state index contributed by atoms with van der Waals surface area (Å²) in [5.41, 5.74) is 6.68. The monoisotopic (exact) mass is 568 g/mol. The van der Waals surface area contributed by atoms with E-state index >= 15 is 0 Å². The van der Waals surface area contributed by atoms with Crippen LogP contribution in [0.3, 0.4) is 0 Å². The van der Waals surface area contributed by atoms with E-state index in [9.17, 15) is 4.79 Å². The van der Waals surface area contributed by atoms with Crippen LogP contribution in [0.15, 0.2) is 132 Å². The van der Waals surface area contributed by atoms with Crippen LogP contribution in [-0.4, -0.2) is 23.3 Å². The molecule has 0 bridgehead atoms. The van der Waals surface area contributed by atoms with Gasteiger partial charge >= 0.3 is 5.97 Å².